The van der Waals surface area contributed by atoms with Crippen LogP contribution in [0.5, 0.6) is 0 Å². The van der Waals surface area contributed by atoms with E-state index in [-0.39, 0.29) is 24.9 Å². The van der Waals surface area contributed by atoms with Crippen LogP contribution >= 0.6 is 0 Å². The second-order valence-electron chi connectivity index (χ2n) is 8.09. The number of unbranched alkanes of at least 4 members (excludes halogenated alkanes) is 2. The van der Waals surface area contributed by atoms with E-state index in [4.69, 9.17) is 9.47 Å². The molecule has 0 aliphatic carbocycles. The quantitative estimate of drug-likeness (QED) is 0.374. The van der Waals surface area contributed by atoms with Gasteiger partial charge in [-0.25, -0.2) is 0 Å². The highest BCUT2D eigenvalue weighted by Crippen LogP contribution is 2.45. The van der Waals surface area contributed by atoms with Gasteiger partial charge in [0, 0.05) is 17.8 Å². The minimum atomic E-state index is -4.56. The minimum absolute atomic E-state index is 0.0273. The highest BCUT2D eigenvalue weighted by molar-refractivity contribution is 7.86. The summed E-state index contributed by atoms with van der Waals surface area (Å²) in [5.41, 5.74) is -2.48. The van der Waals surface area contributed by atoms with Gasteiger partial charge in [0.2, 0.25) is 5.44 Å². The fourth-order valence-corrected chi connectivity index (χ4v) is 4.92. The van der Waals surface area contributed by atoms with E-state index in [9.17, 15) is 22.6 Å². The Morgan fingerprint density at radius 1 is 1.29 bits per heavy atom. The standard InChI is InChI=1S/C20H36O7S/c1-5-8-10-16(7-3)12-17(21)26-14-20(11-9-6-2)13-18(22)27-19(15(20)4)28(23,24)25/h15-16,19H,5-14H2,1-4H3,(H,23,24,25). The van der Waals surface area contributed by atoms with E-state index in [0.717, 1.165) is 38.5 Å². The van der Waals surface area contributed by atoms with E-state index in [2.05, 4.69) is 6.92 Å². The maximum atomic E-state index is 12.4. The van der Waals surface area contributed by atoms with Gasteiger partial charge >= 0.3 is 22.1 Å². The molecule has 1 fully saturated rings. The van der Waals surface area contributed by atoms with Crippen LogP contribution in [0.15, 0.2) is 0 Å². The Morgan fingerprint density at radius 2 is 1.93 bits per heavy atom. The summed E-state index contributed by atoms with van der Waals surface area (Å²) in [6.07, 6.45) is 6.41. The van der Waals surface area contributed by atoms with Gasteiger partial charge in [0.25, 0.3) is 0 Å². The van der Waals surface area contributed by atoms with Crippen molar-refractivity contribution in [1.82, 2.24) is 0 Å². The molecule has 1 N–H and O–H groups in total. The number of rotatable bonds is 12. The molecule has 7 nitrogen and oxygen atoms in total. The lowest BCUT2D eigenvalue weighted by Crippen LogP contribution is -2.51. The van der Waals surface area contributed by atoms with Crippen LogP contribution in [0, 0.1) is 17.3 Å². The second-order valence-corrected chi connectivity index (χ2v) is 9.58. The summed E-state index contributed by atoms with van der Waals surface area (Å²) in [5.74, 6) is -1.43. The number of carbonyl (C=O) groups is 2. The number of cyclic esters (lactones) is 1. The van der Waals surface area contributed by atoms with E-state index in [1.54, 1.807) is 6.92 Å². The molecule has 1 aliphatic rings. The lowest BCUT2D eigenvalue weighted by atomic mass is 9.69. The molecular formula is C20H36O7S. The monoisotopic (exact) mass is 420 g/mol. The molecule has 0 saturated carbocycles. The second kappa shape index (κ2) is 11.1. The Labute approximate surface area is 169 Å². The molecule has 164 valence electrons. The van der Waals surface area contributed by atoms with Crippen molar-refractivity contribution in [3.63, 3.8) is 0 Å². The van der Waals surface area contributed by atoms with Gasteiger partial charge in [0.15, 0.2) is 0 Å². The topological polar surface area (TPSA) is 107 Å². The first-order valence-electron chi connectivity index (χ1n) is 10.4. The molecule has 0 aromatic carbocycles. The van der Waals surface area contributed by atoms with Crippen molar-refractivity contribution in [2.24, 2.45) is 17.3 Å². The van der Waals surface area contributed by atoms with Gasteiger partial charge in [-0.2, -0.15) is 8.42 Å². The Balaban J connectivity index is 2.91. The lowest BCUT2D eigenvalue weighted by Gasteiger charge is -2.44. The smallest absolute Gasteiger partial charge is 0.307 e. The maximum Gasteiger partial charge on any atom is 0.307 e. The molecule has 1 heterocycles. The molecule has 0 spiro atoms. The molecule has 1 rings (SSSR count). The molecule has 28 heavy (non-hydrogen) atoms. The Kier molecular flexibility index (Phi) is 9.90. The molecule has 0 radical (unpaired) electrons. The molecule has 4 unspecified atom stereocenters. The number of hydrogen-bond donors (Lipinski definition) is 1. The largest absolute Gasteiger partial charge is 0.465 e. The van der Waals surface area contributed by atoms with Crippen LogP contribution in [-0.4, -0.2) is 37.0 Å². The third-order valence-electron chi connectivity index (χ3n) is 5.96. The van der Waals surface area contributed by atoms with Crippen molar-refractivity contribution in [1.29, 1.82) is 0 Å². The van der Waals surface area contributed by atoms with Crippen molar-refractivity contribution in [2.75, 3.05) is 6.61 Å². The van der Waals surface area contributed by atoms with Crippen molar-refractivity contribution >= 4 is 22.1 Å². The average molecular weight is 421 g/mol. The van der Waals surface area contributed by atoms with Crippen molar-refractivity contribution in [3.05, 3.63) is 0 Å². The third kappa shape index (κ3) is 7.03. The maximum absolute atomic E-state index is 12.4. The summed E-state index contributed by atoms with van der Waals surface area (Å²) in [6, 6.07) is 0. The highest BCUT2D eigenvalue weighted by Gasteiger charge is 2.52. The van der Waals surface area contributed by atoms with Crippen LogP contribution in [0.1, 0.15) is 85.5 Å². The van der Waals surface area contributed by atoms with Crippen molar-refractivity contribution in [3.8, 4) is 0 Å². The van der Waals surface area contributed by atoms with Crippen LogP contribution in [0.25, 0.3) is 0 Å². The predicted molar refractivity (Wildman–Crippen MR) is 106 cm³/mol. The lowest BCUT2D eigenvalue weighted by molar-refractivity contribution is -0.173. The molecule has 0 aromatic heterocycles. The fraction of sp³-hybridized carbons (Fsp3) is 0.900. The van der Waals surface area contributed by atoms with E-state index < -0.39 is 32.9 Å². The minimum Gasteiger partial charge on any atom is -0.465 e. The average Bonchev–Trinajstić information content (AvgIpc) is 2.63. The van der Waals surface area contributed by atoms with Gasteiger partial charge in [0.1, 0.15) is 0 Å². The normalized spacial score (nSPS) is 26.5. The Morgan fingerprint density at radius 3 is 2.46 bits per heavy atom. The van der Waals surface area contributed by atoms with Crippen LogP contribution < -0.4 is 0 Å². The van der Waals surface area contributed by atoms with E-state index in [0.29, 0.717) is 12.8 Å². The van der Waals surface area contributed by atoms with Gasteiger partial charge < -0.3 is 9.47 Å². The number of hydrogen-bond acceptors (Lipinski definition) is 6. The molecule has 1 aliphatic heterocycles. The molecule has 4 atom stereocenters. The zero-order valence-corrected chi connectivity index (χ0v) is 18.4. The van der Waals surface area contributed by atoms with Crippen LogP contribution in [0.4, 0.5) is 0 Å². The van der Waals surface area contributed by atoms with E-state index in [1.165, 1.54) is 0 Å². The summed E-state index contributed by atoms with van der Waals surface area (Å²) < 4.78 is 43.3. The first-order valence-corrected chi connectivity index (χ1v) is 11.9. The molecular weight excluding hydrogens is 384 g/mol. The number of ether oxygens (including phenoxy) is 2. The number of carbonyl (C=O) groups excluding carboxylic acids is 2. The molecule has 8 heteroatoms. The molecule has 0 amide bonds. The summed E-state index contributed by atoms with van der Waals surface area (Å²) >= 11 is 0. The fourth-order valence-electron chi connectivity index (χ4n) is 3.89. The molecule has 0 aromatic rings. The van der Waals surface area contributed by atoms with Crippen LogP contribution in [-0.2, 0) is 29.2 Å². The summed E-state index contributed by atoms with van der Waals surface area (Å²) in [5, 5.41) is 0. The third-order valence-corrected chi connectivity index (χ3v) is 7.05. The first-order chi connectivity index (χ1) is 13.1. The van der Waals surface area contributed by atoms with E-state index in [1.807, 2.05) is 13.8 Å². The Hall–Kier alpha value is -1.15. The molecule has 1 saturated heterocycles. The van der Waals surface area contributed by atoms with E-state index >= 15 is 0 Å². The SMILES string of the molecule is CCCCC(CC)CC(=O)OCC1(CCCC)CC(=O)OC(S(=O)(=O)O)C1C. The summed E-state index contributed by atoms with van der Waals surface area (Å²) in [6.45, 7) is 7.73. The van der Waals surface area contributed by atoms with Gasteiger partial charge in [0.05, 0.1) is 13.0 Å². The van der Waals surface area contributed by atoms with Gasteiger partial charge in [-0.15, -0.1) is 0 Å². The van der Waals surface area contributed by atoms with Gasteiger partial charge in [-0.05, 0) is 18.8 Å². The number of esters is 2. The summed E-state index contributed by atoms with van der Waals surface area (Å²) in [4.78, 5) is 24.5. The Bertz CT molecular complexity index is 616. The zero-order valence-electron chi connectivity index (χ0n) is 17.6. The van der Waals surface area contributed by atoms with Crippen molar-refractivity contribution < 1.29 is 32.0 Å². The zero-order chi connectivity index (χ0) is 21.4. The predicted octanol–water partition coefficient (Wildman–Crippen LogP) is 4.11. The van der Waals surface area contributed by atoms with Gasteiger partial charge in [-0.3, -0.25) is 14.1 Å². The summed E-state index contributed by atoms with van der Waals surface area (Å²) in [7, 11) is -4.56. The molecule has 0 bridgehead atoms. The van der Waals surface area contributed by atoms with Crippen LogP contribution in [0.3, 0.4) is 0 Å². The highest BCUT2D eigenvalue weighted by atomic mass is 32.2. The van der Waals surface area contributed by atoms with Crippen molar-refractivity contribution in [2.45, 2.75) is 90.9 Å². The van der Waals surface area contributed by atoms with Gasteiger partial charge in [-0.1, -0.05) is 59.8 Å². The van der Waals surface area contributed by atoms with Crippen LogP contribution in [0.2, 0.25) is 0 Å². The first kappa shape index (κ1) is 24.9.